The maximum absolute atomic E-state index is 11.8. The quantitative estimate of drug-likeness (QED) is 0.897. The van der Waals surface area contributed by atoms with Gasteiger partial charge in [0.05, 0.1) is 12.1 Å². The number of halogens is 1. The fourth-order valence-corrected chi connectivity index (χ4v) is 1.71. The van der Waals surface area contributed by atoms with E-state index in [2.05, 4.69) is 5.32 Å². The molecule has 5 heteroatoms. The minimum absolute atomic E-state index is 0.143. The number of hydrogen-bond acceptors (Lipinski definition) is 3. The van der Waals surface area contributed by atoms with E-state index in [0.717, 1.165) is 5.76 Å². The fourth-order valence-electron chi connectivity index (χ4n) is 1.54. The van der Waals surface area contributed by atoms with Crippen LogP contribution in [0.2, 0.25) is 5.02 Å². The molecule has 94 valence electrons. The summed E-state index contributed by atoms with van der Waals surface area (Å²) in [5, 5.41) is 12.6. The highest BCUT2D eigenvalue weighted by atomic mass is 35.5. The molecule has 0 atom stereocenters. The molecular weight excluding hydrogens is 254 g/mol. The van der Waals surface area contributed by atoms with Gasteiger partial charge in [0.15, 0.2) is 0 Å². The molecule has 1 heterocycles. The first-order chi connectivity index (χ1) is 8.56. The lowest BCUT2D eigenvalue weighted by atomic mass is 10.2. The molecule has 0 aliphatic heterocycles. The van der Waals surface area contributed by atoms with Crippen LogP contribution < -0.4 is 5.32 Å². The topological polar surface area (TPSA) is 62.5 Å². The van der Waals surface area contributed by atoms with Gasteiger partial charge in [-0.3, -0.25) is 4.79 Å². The van der Waals surface area contributed by atoms with Crippen molar-refractivity contribution in [2.45, 2.75) is 13.5 Å². The lowest BCUT2D eigenvalue weighted by Crippen LogP contribution is -2.22. The molecule has 2 aromatic rings. The molecule has 0 radical (unpaired) electrons. The van der Waals surface area contributed by atoms with Crippen molar-refractivity contribution in [3.05, 3.63) is 52.4 Å². The second kappa shape index (κ2) is 5.14. The summed E-state index contributed by atoms with van der Waals surface area (Å²) in [6.07, 6.45) is 0. The molecule has 0 saturated carbocycles. The number of carbonyl (C=O) groups excluding carboxylic acids is 1. The predicted octanol–water partition coefficient (Wildman–Crippen LogP) is 2.88. The molecule has 4 nitrogen and oxygen atoms in total. The van der Waals surface area contributed by atoms with E-state index in [4.69, 9.17) is 16.0 Å². The highest BCUT2D eigenvalue weighted by Gasteiger charge is 2.11. The third-order valence-corrected chi connectivity index (χ3v) is 2.66. The van der Waals surface area contributed by atoms with Crippen LogP contribution in [0, 0.1) is 6.92 Å². The monoisotopic (exact) mass is 265 g/mol. The molecule has 0 bridgehead atoms. The van der Waals surface area contributed by atoms with Gasteiger partial charge in [0, 0.05) is 5.02 Å². The zero-order valence-corrected chi connectivity index (χ0v) is 10.5. The summed E-state index contributed by atoms with van der Waals surface area (Å²) in [7, 11) is 0. The summed E-state index contributed by atoms with van der Waals surface area (Å²) in [5.74, 6) is 0.928. The Labute approximate surface area is 109 Å². The summed E-state index contributed by atoms with van der Waals surface area (Å²) >= 11 is 5.69. The highest BCUT2D eigenvalue weighted by Crippen LogP contribution is 2.21. The second-order valence-electron chi connectivity index (χ2n) is 3.86. The van der Waals surface area contributed by atoms with Crippen LogP contribution in [-0.2, 0) is 6.54 Å². The van der Waals surface area contributed by atoms with Crippen LogP contribution in [0.25, 0.3) is 0 Å². The molecule has 1 aromatic carbocycles. The van der Waals surface area contributed by atoms with E-state index >= 15 is 0 Å². The molecule has 0 spiro atoms. The van der Waals surface area contributed by atoms with E-state index in [9.17, 15) is 9.90 Å². The molecule has 0 saturated heterocycles. The van der Waals surface area contributed by atoms with E-state index in [1.807, 2.05) is 13.0 Å². The van der Waals surface area contributed by atoms with Gasteiger partial charge in [0.25, 0.3) is 5.91 Å². The SMILES string of the molecule is Cc1ccc(CNC(=O)c2ccc(Cl)cc2O)o1. The molecule has 1 aromatic heterocycles. The number of nitrogens with one attached hydrogen (secondary N) is 1. The molecule has 0 aliphatic carbocycles. The van der Waals surface area contributed by atoms with Crippen molar-refractivity contribution in [3.8, 4) is 5.75 Å². The number of phenolic OH excluding ortho intramolecular Hbond substituents is 1. The van der Waals surface area contributed by atoms with Gasteiger partial charge >= 0.3 is 0 Å². The molecule has 0 aliphatic rings. The van der Waals surface area contributed by atoms with Crippen LogP contribution in [-0.4, -0.2) is 11.0 Å². The van der Waals surface area contributed by atoms with Crippen molar-refractivity contribution in [1.29, 1.82) is 0 Å². The Morgan fingerprint density at radius 3 is 2.78 bits per heavy atom. The van der Waals surface area contributed by atoms with Crippen molar-refractivity contribution in [1.82, 2.24) is 5.32 Å². The van der Waals surface area contributed by atoms with Gasteiger partial charge in [0.1, 0.15) is 17.3 Å². The summed E-state index contributed by atoms with van der Waals surface area (Å²) < 4.78 is 5.32. The van der Waals surface area contributed by atoms with E-state index in [0.29, 0.717) is 10.8 Å². The summed E-state index contributed by atoms with van der Waals surface area (Å²) in [4.78, 5) is 11.8. The Hall–Kier alpha value is -1.94. The van der Waals surface area contributed by atoms with E-state index in [1.165, 1.54) is 12.1 Å². The van der Waals surface area contributed by atoms with Crippen molar-refractivity contribution in [3.63, 3.8) is 0 Å². The fraction of sp³-hybridized carbons (Fsp3) is 0.154. The van der Waals surface area contributed by atoms with Crippen LogP contribution in [0.1, 0.15) is 21.9 Å². The molecule has 2 rings (SSSR count). The zero-order valence-electron chi connectivity index (χ0n) is 9.74. The number of carbonyl (C=O) groups is 1. The van der Waals surface area contributed by atoms with Crippen molar-refractivity contribution >= 4 is 17.5 Å². The van der Waals surface area contributed by atoms with Crippen LogP contribution >= 0.6 is 11.6 Å². The Balaban J connectivity index is 2.03. The van der Waals surface area contributed by atoms with Crippen molar-refractivity contribution in [2.24, 2.45) is 0 Å². The van der Waals surface area contributed by atoms with Gasteiger partial charge in [-0.05, 0) is 37.3 Å². The van der Waals surface area contributed by atoms with Gasteiger partial charge in [0.2, 0.25) is 0 Å². The third kappa shape index (κ3) is 2.84. The summed E-state index contributed by atoms with van der Waals surface area (Å²) in [6, 6.07) is 7.96. The predicted molar refractivity (Wildman–Crippen MR) is 67.7 cm³/mol. The normalized spacial score (nSPS) is 10.3. The average molecular weight is 266 g/mol. The molecular formula is C13H12ClNO3. The van der Waals surface area contributed by atoms with Crippen LogP contribution in [0.4, 0.5) is 0 Å². The highest BCUT2D eigenvalue weighted by molar-refractivity contribution is 6.30. The van der Waals surface area contributed by atoms with Gasteiger partial charge in [-0.25, -0.2) is 0 Å². The van der Waals surface area contributed by atoms with Crippen LogP contribution in [0.15, 0.2) is 34.7 Å². The molecule has 1 amide bonds. The zero-order chi connectivity index (χ0) is 13.1. The Bertz CT molecular complexity index is 577. The second-order valence-corrected chi connectivity index (χ2v) is 4.29. The number of benzene rings is 1. The van der Waals surface area contributed by atoms with Gasteiger partial charge in [-0.1, -0.05) is 11.6 Å². The van der Waals surface area contributed by atoms with Crippen LogP contribution in [0.3, 0.4) is 0 Å². The van der Waals surface area contributed by atoms with Crippen molar-refractivity contribution < 1.29 is 14.3 Å². The number of amides is 1. The van der Waals surface area contributed by atoms with E-state index in [1.54, 1.807) is 12.1 Å². The molecule has 0 fully saturated rings. The Morgan fingerprint density at radius 2 is 2.17 bits per heavy atom. The number of hydrogen-bond donors (Lipinski definition) is 2. The lowest BCUT2D eigenvalue weighted by molar-refractivity contribution is 0.0945. The largest absolute Gasteiger partial charge is 0.507 e. The first kappa shape index (κ1) is 12.5. The summed E-state index contributed by atoms with van der Waals surface area (Å²) in [5.41, 5.74) is 0.183. The maximum Gasteiger partial charge on any atom is 0.255 e. The van der Waals surface area contributed by atoms with Gasteiger partial charge < -0.3 is 14.8 Å². The molecule has 2 N–H and O–H groups in total. The van der Waals surface area contributed by atoms with Gasteiger partial charge in [-0.15, -0.1) is 0 Å². The number of aromatic hydroxyl groups is 1. The third-order valence-electron chi connectivity index (χ3n) is 2.42. The Kier molecular flexibility index (Phi) is 3.58. The molecule has 0 unspecified atom stereocenters. The summed E-state index contributed by atoms with van der Waals surface area (Å²) in [6.45, 7) is 2.10. The van der Waals surface area contributed by atoms with Crippen LogP contribution in [0.5, 0.6) is 5.75 Å². The smallest absolute Gasteiger partial charge is 0.255 e. The lowest BCUT2D eigenvalue weighted by Gasteiger charge is -2.05. The average Bonchev–Trinajstić information content (AvgIpc) is 2.72. The molecule has 18 heavy (non-hydrogen) atoms. The minimum atomic E-state index is -0.377. The van der Waals surface area contributed by atoms with E-state index < -0.39 is 0 Å². The number of aryl methyl sites for hydroxylation is 1. The van der Waals surface area contributed by atoms with Gasteiger partial charge in [-0.2, -0.15) is 0 Å². The first-order valence-electron chi connectivity index (χ1n) is 5.38. The maximum atomic E-state index is 11.8. The first-order valence-corrected chi connectivity index (χ1v) is 5.76. The minimum Gasteiger partial charge on any atom is -0.507 e. The number of phenols is 1. The Morgan fingerprint density at radius 1 is 1.39 bits per heavy atom. The number of rotatable bonds is 3. The standard InChI is InChI=1S/C13H12ClNO3/c1-8-2-4-10(18-8)7-15-13(17)11-5-3-9(14)6-12(11)16/h2-6,16H,7H2,1H3,(H,15,17). The van der Waals surface area contributed by atoms with E-state index in [-0.39, 0.29) is 23.8 Å². The number of furan rings is 1. The van der Waals surface area contributed by atoms with Crippen molar-refractivity contribution in [2.75, 3.05) is 0 Å².